The van der Waals surface area contributed by atoms with Crippen LogP contribution >= 0.6 is 11.3 Å². The van der Waals surface area contributed by atoms with Crippen molar-refractivity contribution in [3.05, 3.63) is 15.6 Å². The Morgan fingerprint density at radius 2 is 2.14 bits per heavy atom. The summed E-state index contributed by atoms with van der Waals surface area (Å²) in [5.41, 5.74) is 4.48. The molecule has 1 aromatic heterocycles. The van der Waals surface area contributed by atoms with Crippen molar-refractivity contribution >= 4 is 23.2 Å². The van der Waals surface area contributed by atoms with E-state index in [2.05, 4.69) is 4.98 Å². The third-order valence-corrected chi connectivity index (χ3v) is 5.72. The van der Waals surface area contributed by atoms with Crippen molar-refractivity contribution in [2.24, 2.45) is 5.73 Å². The van der Waals surface area contributed by atoms with Crippen LogP contribution in [0, 0.1) is 0 Å². The molecule has 6 nitrogen and oxygen atoms in total. The summed E-state index contributed by atoms with van der Waals surface area (Å²) in [5.74, 6) is -0.850. The molecular formula is C14H19N3O3S. The maximum absolute atomic E-state index is 12.7. The number of likely N-dealkylation sites (tertiary alicyclic amines) is 1. The van der Waals surface area contributed by atoms with E-state index >= 15 is 0 Å². The predicted molar refractivity (Wildman–Crippen MR) is 78.1 cm³/mol. The van der Waals surface area contributed by atoms with Gasteiger partial charge in [0.1, 0.15) is 11.3 Å². The number of rotatable bonds is 3. The summed E-state index contributed by atoms with van der Waals surface area (Å²) in [4.78, 5) is 30.5. The normalized spacial score (nSPS) is 23.9. The maximum Gasteiger partial charge on any atom is 0.277 e. The van der Waals surface area contributed by atoms with E-state index < -0.39 is 11.5 Å². The molecule has 114 valence electrons. The van der Waals surface area contributed by atoms with E-state index in [1.807, 2.05) is 6.92 Å². The van der Waals surface area contributed by atoms with Gasteiger partial charge in [0.05, 0.1) is 4.88 Å². The number of amides is 2. The van der Waals surface area contributed by atoms with Gasteiger partial charge in [-0.05, 0) is 39.0 Å². The lowest BCUT2D eigenvalue weighted by Crippen LogP contribution is -2.38. The molecule has 3 rings (SSSR count). The Bertz CT molecular complexity index is 594. The van der Waals surface area contributed by atoms with E-state index in [9.17, 15) is 14.7 Å². The fraction of sp³-hybridized carbons (Fsp3) is 0.643. The summed E-state index contributed by atoms with van der Waals surface area (Å²) in [7, 11) is 0. The van der Waals surface area contributed by atoms with Crippen LogP contribution in [0.25, 0.3) is 0 Å². The van der Waals surface area contributed by atoms with Gasteiger partial charge < -0.3 is 15.7 Å². The van der Waals surface area contributed by atoms with E-state index in [0.717, 1.165) is 30.6 Å². The summed E-state index contributed by atoms with van der Waals surface area (Å²) in [6.07, 6.45) is 4.05. The van der Waals surface area contributed by atoms with Crippen LogP contribution in [0.1, 0.15) is 64.2 Å². The molecule has 1 saturated heterocycles. The van der Waals surface area contributed by atoms with Crippen molar-refractivity contribution in [1.82, 2.24) is 9.88 Å². The molecule has 21 heavy (non-hydrogen) atoms. The van der Waals surface area contributed by atoms with Crippen LogP contribution in [0.2, 0.25) is 0 Å². The Morgan fingerprint density at radius 3 is 2.62 bits per heavy atom. The summed E-state index contributed by atoms with van der Waals surface area (Å²) in [6.45, 7) is 2.70. The smallest absolute Gasteiger partial charge is 0.277 e. The molecule has 1 aliphatic carbocycles. The number of nitrogens with two attached hydrogens (primary N) is 1. The Hall–Kier alpha value is -1.47. The summed E-state index contributed by atoms with van der Waals surface area (Å²) in [6, 6.07) is 0.167. The number of carbonyl (C=O) groups is 2. The molecule has 1 aliphatic heterocycles. The Labute approximate surface area is 127 Å². The molecule has 1 saturated carbocycles. The molecule has 0 bridgehead atoms. The van der Waals surface area contributed by atoms with Gasteiger partial charge in [-0.1, -0.05) is 0 Å². The lowest BCUT2D eigenvalue weighted by Gasteiger charge is -2.36. The van der Waals surface area contributed by atoms with Crippen molar-refractivity contribution < 1.29 is 14.7 Å². The number of aromatic nitrogens is 1. The first-order valence-electron chi connectivity index (χ1n) is 7.27. The van der Waals surface area contributed by atoms with Crippen LogP contribution in [-0.4, -0.2) is 39.4 Å². The minimum Gasteiger partial charge on any atom is -0.384 e. The number of carbonyl (C=O) groups excluding carboxylic acids is 2. The highest BCUT2D eigenvalue weighted by atomic mass is 32.1. The van der Waals surface area contributed by atoms with Crippen LogP contribution in [0.5, 0.6) is 0 Å². The molecule has 2 heterocycles. The predicted octanol–water partition coefficient (Wildman–Crippen LogP) is 1.24. The zero-order valence-corrected chi connectivity index (χ0v) is 12.8. The van der Waals surface area contributed by atoms with Crippen molar-refractivity contribution in [3.63, 3.8) is 0 Å². The van der Waals surface area contributed by atoms with Crippen LogP contribution < -0.4 is 5.73 Å². The highest BCUT2D eigenvalue weighted by Gasteiger charge is 2.43. The van der Waals surface area contributed by atoms with E-state index in [4.69, 9.17) is 5.73 Å². The third kappa shape index (κ3) is 2.34. The van der Waals surface area contributed by atoms with Gasteiger partial charge in [0, 0.05) is 12.6 Å². The summed E-state index contributed by atoms with van der Waals surface area (Å²) < 4.78 is 0. The van der Waals surface area contributed by atoms with Gasteiger partial charge >= 0.3 is 0 Å². The van der Waals surface area contributed by atoms with Crippen molar-refractivity contribution in [1.29, 1.82) is 0 Å². The third-order valence-electron chi connectivity index (χ3n) is 4.46. The Balaban J connectivity index is 2.00. The van der Waals surface area contributed by atoms with E-state index in [-0.39, 0.29) is 22.7 Å². The van der Waals surface area contributed by atoms with E-state index in [0.29, 0.717) is 24.3 Å². The first-order chi connectivity index (χ1) is 9.92. The largest absolute Gasteiger partial charge is 0.384 e. The van der Waals surface area contributed by atoms with E-state index in [1.165, 1.54) is 0 Å². The van der Waals surface area contributed by atoms with Crippen molar-refractivity contribution in [3.8, 4) is 0 Å². The van der Waals surface area contributed by atoms with Crippen LogP contribution in [0.4, 0.5) is 0 Å². The summed E-state index contributed by atoms with van der Waals surface area (Å²) in [5, 5.41) is 10.7. The van der Waals surface area contributed by atoms with Gasteiger partial charge in [0.25, 0.3) is 11.8 Å². The highest BCUT2D eigenvalue weighted by Crippen LogP contribution is 2.45. The van der Waals surface area contributed by atoms with Crippen molar-refractivity contribution in [2.75, 3.05) is 6.54 Å². The number of hydrogen-bond acceptors (Lipinski definition) is 5. The van der Waals surface area contributed by atoms with Crippen LogP contribution in [0.15, 0.2) is 0 Å². The molecule has 2 aliphatic rings. The number of thiazole rings is 1. The molecule has 0 aromatic carbocycles. The van der Waals surface area contributed by atoms with Crippen LogP contribution in [0.3, 0.4) is 0 Å². The monoisotopic (exact) mass is 309 g/mol. The quantitative estimate of drug-likeness (QED) is 0.878. The lowest BCUT2D eigenvalue weighted by atomic mass is 9.78. The zero-order chi connectivity index (χ0) is 15.2. The molecule has 3 N–H and O–H groups in total. The minimum atomic E-state index is -1.01. The maximum atomic E-state index is 12.7. The minimum absolute atomic E-state index is 0.0977. The average Bonchev–Trinajstić information content (AvgIpc) is 3.01. The average molecular weight is 309 g/mol. The second-order valence-corrected chi connectivity index (χ2v) is 6.94. The molecular weight excluding hydrogens is 290 g/mol. The second-order valence-electron chi connectivity index (χ2n) is 5.94. The van der Waals surface area contributed by atoms with Gasteiger partial charge in [0.2, 0.25) is 0 Å². The van der Waals surface area contributed by atoms with Gasteiger partial charge in [0.15, 0.2) is 5.01 Å². The Kier molecular flexibility index (Phi) is 3.49. The number of hydrogen-bond donors (Lipinski definition) is 2. The number of primary amides is 1. The zero-order valence-electron chi connectivity index (χ0n) is 12.0. The molecule has 0 radical (unpaired) electrons. The number of aliphatic hydroxyl groups is 1. The molecule has 1 aromatic rings. The molecule has 7 heteroatoms. The SMILES string of the molecule is C[C@H]1CCCN1C(=O)c1nc(C(N)=O)sc1C1(O)CCC1. The molecule has 0 spiro atoms. The van der Waals surface area contributed by atoms with E-state index in [1.54, 1.807) is 4.90 Å². The fourth-order valence-corrected chi connectivity index (χ4v) is 4.05. The van der Waals surface area contributed by atoms with Gasteiger partial charge in [-0.15, -0.1) is 11.3 Å². The fourth-order valence-electron chi connectivity index (χ4n) is 3.00. The van der Waals surface area contributed by atoms with Gasteiger partial charge in [-0.2, -0.15) is 0 Å². The van der Waals surface area contributed by atoms with Gasteiger partial charge in [-0.3, -0.25) is 9.59 Å². The van der Waals surface area contributed by atoms with Gasteiger partial charge in [-0.25, -0.2) is 4.98 Å². The first-order valence-corrected chi connectivity index (χ1v) is 8.08. The summed E-state index contributed by atoms with van der Waals surface area (Å²) >= 11 is 1.06. The first kappa shape index (κ1) is 14.5. The lowest BCUT2D eigenvalue weighted by molar-refractivity contribution is -0.0363. The molecule has 0 unspecified atom stereocenters. The highest BCUT2D eigenvalue weighted by molar-refractivity contribution is 7.14. The Morgan fingerprint density at radius 1 is 1.43 bits per heavy atom. The standard InChI is InChI=1S/C14H19N3O3S/c1-8-4-2-7-17(8)13(19)9-10(14(20)5-3-6-14)21-12(16-9)11(15)18/h8,20H,2-7H2,1H3,(H2,15,18)/t8-/m0/s1. The second kappa shape index (κ2) is 5.06. The topological polar surface area (TPSA) is 96.5 Å². The molecule has 2 fully saturated rings. The molecule has 2 amide bonds. The van der Waals surface area contributed by atoms with Crippen LogP contribution in [-0.2, 0) is 5.60 Å². The number of nitrogens with zero attached hydrogens (tertiary/aromatic N) is 2. The van der Waals surface area contributed by atoms with Crippen molar-refractivity contribution in [2.45, 2.75) is 50.7 Å². The molecule has 1 atom stereocenters.